The standard InChI is InChI=1S/C62H117NO5/c1-4-7-10-13-16-19-22-25-28-30-33-36-39-42-45-48-51-54-60(65)59(57-64)63-61(66)56-58(53-50-47-44-41-38-35-32-27-24-21-18-15-12-9-6-3)68-62(67)55-52-49-46-43-40-37-34-31-29-26-23-20-17-14-11-8-5-2/h18,21,26-27,29,32,58-60,64-65H,4-17,19-20,22-25,28,30-31,33-57H2,1-3H3,(H,63,66)/b21-18-,29-26+,32-27-. The highest BCUT2D eigenvalue weighted by molar-refractivity contribution is 5.77. The first-order valence-corrected chi connectivity index (χ1v) is 30.2. The molecule has 6 nitrogen and oxygen atoms in total. The molecule has 0 radical (unpaired) electrons. The van der Waals surface area contributed by atoms with Gasteiger partial charge in [0.05, 0.1) is 25.2 Å². The third kappa shape index (κ3) is 50.5. The van der Waals surface area contributed by atoms with Crippen LogP contribution in [0.5, 0.6) is 0 Å². The Kier molecular flexibility index (Phi) is 54.4. The van der Waals surface area contributed by atoms with Crippen LogP contribution in [0.3, 0.4) is 0 Å². The number of carbonyl (C=O) groups is 2. The summed E-state index contributed by atoms with van der Waals surface area (Å²) in [6.45, 7) is 6.49. The Bertz CT molecular complexity index is 1120. The molecule has 0 aromatic rings. The number of aliphatic hydroxyl groups excluding tert-OH is 2. The van der Waals surface area contributed by atoms with Crippen molar-refractivity contribution in [3.8, 4) is 0 Å². The van der Waals surface area contributed by atoms with E-state index in [-0.39, 0.29) is 24.9 Å². The van der Waals surface area contributed by atoms with Crippen molar-refractivity contribution in [2.24, 2.45) is 0 Å². The number of ether oxygens (including phenoxy) is 1. The van der Waals surface area contributed by atoms with E-state index in [9.17, 15) is 19.8 Å². The van der Waals surface area contributed by atoms with Crippen molar-refractivity contribution in [2.45, 2.75) is 341 Å². The Morgan fingerprint density at radius 2 is 0.750 bits per heavy atom. The highest BCUT2D eigenvalue weighted by Gasteiger charge is 2.24. The quantitative estimate of drug-likeness (QED) is 0.0321. The minimum absolute atomic E-state index is 0.0696. The fourth-order valence-corrected chi connectivity index (χ4v) is 9.34. The van der Waals surface area contributed by atoms with E-state index in [0.29, 0.717) is 19.3 Å². The Labute approximate surface area is 424 Å². The second kappa shape index (κ2) is 56.0. The van der Waals surface area contributed by atoms with Gasteiger partial charge in [-0.3, -0.25) is 9.59 Å². The van der Waals surface area contributed by atoms with Crippen molar-refractivity contribution in [2.75, 3.05) is 6.61 Å². The maximum Gasteiger partial charge on any atom is 0.306 e. The van der Waals surface area contributed by atoms with Crippen molar-refractivity contribution in [1.82, 2.24) is 5.32 Å². The van der Waals surface area contributed by atoms with Crippen LogP contribution >= 0.6 is 0 Å². The molecule has 0 aliphatic carbocycles. The molecule has 0 rings (SSSR count). The number of esters is 1. The molecule has 0 aromatic heterocycles. The predicted octanol–water partition coefficient (Wildman–Crippen LogP) is 18.8. The Morgan fingerprint density at radius 3 is 1.16 bits per heavy atom. The van der Waals surface area contributed by atoms with E-state index in [1.54, 1.807) is 0 Å². The Balaban J connectivity index is 4.53. The first-order chi connectivity index (χ1) is 33.5. The minimum Gasteiger partial charge on any atom is -0.462 e. The number of amides is 1. The topological polar surface area (TPSA) is 95.9 Å². The molecular weight excluding hydrogens is 839 g/mol. The molecule has 0 aromatic carbocycles. The van der Waals surface area contributed by atoms with Crippen molar-refractivity contribution < 1.29 is 24.5 Å². The van der Waals surface area contributed by atoms with Crippen molar-refractivity contribution in [1.29, 1.82) is 0 Å². The molecule has 0 saturated carbocycles. The third-order valence-electron chi connectivity index (χ3n) is 13.9. The van der Waals surface area contributed by atoms with Crippen molar-refractivity contribution in [3.05, 3.63) is 36.5 Å². The van der Waals surface area contributed by atoms with Crippen LogP contribution in [0.15, 0.2) is 36.5 Å². The van der Waals surface area contributed by atoms with Crippen LogP contribution in [0.2, 0.25) is 0 Å². The normalized spacial score (nSPS) is 13.3. The summed E-state index contributed by atoms with van der Waals surface area (Å²) in [7, 11) is 0. The van der Waals surface area contributed by atoms with Gasteiger partial charge < -0.3 is 20.3 Å². The highest BCUT2D eigenvalue weighted by atomic mass is 16.5. The zero-order valence-electron chi connectivity index (χ0n) is 45.8. The van der Waals surface area contributed by atoms with Crippen molar-refractivity contribution in [3.63, 3.8) is 0 Å². The summed E-state index contributed by atoms with van der Waals surface area (Å²) >= 11 is 0. The van der Waals surface area contributed by atoms with E-state index in [4.69, 9.17) is 4.74 Å². The summed E-state index contributed by atoms with van der Waals surface area (Å²) in [5, 5.41) is 23.9. The smallest absolute Gasteiger partial charge is 0.306 e. The Hall–Kier alpha value is -1.92. The maximum absolute atomic E-state index is 13.3. The molecule has 3 N–H and O–H groups in total. The van der Waals surface area contributed by atoms with Gasteiger partial charge in [-0.25, -0.2) is 0 Å². The highest BCUT2D eigenvalue weighted by Crippen LogP contribution is 2.19. The van der Waals surface area contributed by atoms with Crippen LogP contribution < -0.4 is 5.32 Å². The monoisotopic (exact) mass is 956 g/mol. The number of hydrogen-bond acceptors (Lipinski definition) is 5. The average Bonchev–Trinajstić information content (AvgIpc) is 3.33. The predicted molar refractivity (Wildman–Crippen MR) is 296 cm³/mol. The molecule has 0 heterocycles. The molecule has 3 unspecified atom stereocenters. The maximum atomic E-state index is 13.3. The molecule has 0 aliphatic heterocycles. The van der Waals surface area contributed by atoms with Crippen LogP contribution in [0.25, 0.3) is 0 Å². The van der Waals surface area contributed by atoms with E-state index in [0.717, 1.165) is 64.2 Å². The van der Waals surface area contributed by atoms with E-state index >= 15 is 0 Å². The molecule has 68 heavy (non-hydrogen) atoms. The molecule has 0 saturated heterocycles. The lowest BCUT2D eigenvalue weighted by atomic mass is 10.0. The van der Waals surface area contributed by atoms with E-state index < -0.39 is 18.2 Å². The SMILES string of the molecule is CCCCC/C=C\C/C=C\CCCCCCCC(CC(=O)NC(CO)C(O)CCCCCCCCCCCCCCCCCCC)OC(=O)CCCCCCCCC/C=C/CCCCCCCC. The summed E-state index contributed by atoms with van der Waals surface area (Å²) in [4.78, 5) is 26.3. The number of aliphatic hydroxyl groups is 2. The number of carbonyl (C=O) groups excluding carboxylic acids is 2. The van der Waals surface area contributed by atoms with Gasteiger partial charge in [-0.15, -0.1) is 0 Å². The third-order valence-corrected chi connectivity index (χ3v) is 13.9. The molecule has 0 bridgehead atoms. The summed E-state index contributed by atoms with van der Waals surface area (Å²) in [6, 6.07) is -0.706. The molecule has 0 spiro atoms. The Morgan fingerprint density at radius 1 is 0.426 bits per heavy atom. The van der Waals surface area contributed by atoms with Crippen LogP contribution in [0.1, 0.15) is 323 Å². The number of allylic oxidation sites excluding steroid dienone is 6. The fraction of sp³-hybridized carbons (Fsp3) is 0.871. The van der Waals surface area contributed by atoms with Gasteiger partial charge in [0.1, 0.15) is 6.10 Å². The second-order valence-electron chi connectivity index (χ2n) is 20.7. The number of rotatable bonds is 55. The van der Waals surface area contributed by atoms with Crippen LogP contribution in [-0.4, -0.2) is 46.9 Å². The van der Waals surface area contributed by atoms with Gasteiger partial charge in [-0.1, -0.05) is 263 Å². The zero-order chi connectivity index (χ0) is 49.5. The second-order valence-corrected chi connectivity index (χ2v) is 20.7. The molecule has 400 valence electrons. The molecule has 0 aliphatic rings. The summed E-state index contributed by atoms with van der Waals surface area (Å²) in [6.07, 6.45) is 67.8. The van der Waals surface area contributed by atoms with Gasteiger partial charge in [0.2, 0.25) is 5.91 Å². The first-order valence-electron chi connectivity index (χ1n) is 30.2. The van der Waals surface area contributed by atoms with Gasteiger partial charge >= 0.3 is 5.97 Å². The van der Waals surface area contributed by atoms with Crippen LogP contribution in [0, 0.1) is 0 Å². The van der Waals surface area contributed by atoms with Gasteiger partial charge in [0.15, 0.2) is 0 Å². The lowest BCUT2D eigenvalue weighted by molar-refractivity contribution is -0.151. The van der Waals surface area contributed by atoms with Crippen molar-refractivity contribution >= 4 is 11.9 Å². The largest absolute Gasteiger partial charge is 0.462 e. The fourth-order valence-electron chi connectivity index (χ4n) is 9.34. The molecule has 6 heteroatoms. The lowest BCUT2D eigenvalue weighted by Crippen LogP contribution is -2.46. The first kappa shape index (κ1) is 66.1. The minimum atomic E-state index is -0.792. The molecule has 0 fully saturated rings. The van der Waals surface area contributed by atoms with E-state index in [1.165, 1.54) is 212 Å². The van der Waals surface area contributed by atoms with E-state index in [2.05, 4.69) is 62.5 Å². The zero-order valence-corrected chi connectivity index (χ0v) is 45.8. The van der Waals surface area contributed by atoms with Gasteiger partial charge in [0, 0.05) is 6.42 Å². The molecular formula is C62H117NO5. The van der Waals surface area contributed by atoms with Gasteiger partial charge in [-0.2, -0.15) is 0 Å². The van der Waals surface area contributed by atoms with Gasteiger partial charge in [0.25, 0.3) is 0 Å². The molecule has 3 atom stereocenters. The summed E-state index contributed by atoms with van der Waals surface area (Å²) in [5.41, 5.74) is 0. The average molecular weight is 957 g/mol. The van der Waals surface area contributed by atoms with Crippen LogP contribution in [0.4, 0.5) is 0 Å². The summed E-state index contributed by atoms with van der Waals surface area (Å²) < 4.78 is 5.97. The van der Waals surface area contributed by atoms with E-state index in [1.807, 2.05) is 0 Å². The summed E-state index contributed by atoms with van der Waals surface area (Å²) in [5.74, 6) is -0.477. The van der Waals surface area contributed by atoms with Crippen LogP contribution in [-0.2, 0) is 14.3 Å². The number of nitrogens with one attached hydrogen (secondary N) is 1. The molecule has 1 amide bonds. The lowest BCUT2D eigenvalue weighted by Gasteiger charge is -2.24. The van der Waals surface area contributed by atoms with Gasteiger partial charge in [-0.05, 0) is 83.5 Å². The number of hydrogen-bond donors (Lipinski definition) is 3. The number of unbranched alkanes of at least 4 members (excludes halogenated alkanes) is 37.